The summed E-state index contributed by atoms with van der Waals surface area (Å²) in [6.07, 6.45) is -0.549. The molecule has 2 bridgehead atoms. The lowest BCUT2D eigenvalue weighted by Crippen LogP contribution is -2.56. The zero-order chi connectivity index (χ0) is 15.4. The van der Waals surface area contributed by atoms with E-state index >= 15 is 0 Å². The molecule has 0 saturated carbocycles. The minimum atomic E-state index is -0.811. The normalized spacial score (nSPS) is 36.1. The maximum absolute atomic E-state index is 12.2. The third-order valence-corrected chi connectivity index (χ3v) is 4.12. The van der Waals surface area contributed by atoms with E-state index in [1.165, 1.54) is 5.01 Å². The number of rotatable bonds is 2. The van der Waals surface area contributed by atoms with Crippen LogP contribution in [0.4, 0.5) is 4.79 Å². The van der Waals surface area contributed by atoms with Gasteiger partial charge in [-0.1, -0.05) is 5.22 Å². The SMILES string of the molecule is COC1(OC)C[C@@H]2O[C@@H]1[C@@H]1N=NN(C(=O)OC(C)(C)C)[C@H]12. The highest BCUT2D eigenvalue weighted by atomic mass is 16.7. The number of fused-ring (bicyclic) bond motifs is 5. The number of carbonyl (C=O) groups excluding carboxylic acids is 1. The largest absolute Gasteiger partial charge is 0.442 e. The van der Waals surface area contributed by atoms with E-state index in [0.29, 0.717) is 6.42 Å². The zero-order valence-corrected chi connectivity index (χ0v) is 12.9. The van der Waals surface area contributed by atoms with Crippen LogP contribution in [0.15, 0.2) is 10.3 Å². The molecule has 0 aromatic heterocycles. The van der Waals surface area contributed by atoms with Crippen molar-refractivity contribution in [1.29, 1.82) is 0 Å². The van der Waals surface area contributed by atoms with Crippen molar-refractivity contribution in [3.63, 3.8) is 0 Å². The summed E-state index contributed by atoms with van der Waals surface area (Å²) < 4.78 is 22.2. The molecule has 0 aromatic carbocycles. The summed E-state index contributed by atoms with van der Waals surface area (Å²) in [6.45, 7) is 5.44. The van der Waals surface area contributed by atoms with Crippen LogP contribution in [-0.2, 0) is 18.9 Å². The van der Waals surface area contributed by atoms with E-state index in [9.17, 15) is 4.79 Å². The molecule has 0 N–H and O–H groups in total. The summed E-state index contributed by atoms with van der Waals surface area (Å²) in [4.78, 5) is 12.2. The second-order valence-electron chi connectivity index (χ2n) is 6.53. The van der Waals surface area contributed by atoms with Crippen molar-refractivity contribution in [1.82, 2.24) is 5.01 Å². The molecule has 4 atom stereocenters. The van der Waals surface area contributed by atoms with E-state index < -0.39 is 17.5 Å². The number of nitrogens with zero attached hydrogens (tertiary/aromatic N) is 3. The van der Waals surface area contributed by atoms with Crippen LogP contribution in [0, 0.1) is 0 Å². The zero-order valence-electron chi connectivity index (χ0n) is 12.9. The Morgan fingerprint density at radius 3 is 2.57 bits per heavy atom. The Kier molecular flexibility index (Phi) is 3.23. The molecule has 3 heterocycles. The van der Waals surface area contributed by atoms with Gasteiger partial charge in [0.05, 0.1) is 6.10 Å². The molecule has 118 valence electrons. The fourth-order valence-corrected chi connectivity index (χ4v) is 3.23. The van der Waals surface area contributed by atoms with Gasteiger partial charge in [0.1, 0.15) is 23.8 Å². The van der Waals surface area contributed by atoms with Crippen LogP contribution in [0.5, 0.6) is 0 Å². The van der Waals surface area contributed by atoms with Gasteiger partial charge in [-0.25, -0.2) is 4.79 Å². The smallest absolute Gasteiger partial charge is 0.432 e. The molecule has 3 aliphatic heterocycles. The van der Waals surface area contributed by atoms with Gasteiger partial charge in [-0.05, 0) is 20.8 Å². The average molecular weight is 299 g/mol. The third-order valence-electron chi connectivity index (χ3n) is 4.12. The number of amides is 1. The Labute approximate surface area is 123 Å². The molecule has 1 amide bonds. The first-order valence-electron chi connectivity index (χ1n) is 7.00. The number of methoxy groups -OCH3 is 2. The molecule has 3 rings (SSSR count). The van der Waals surface area contributed by atoms with Crippen LogP contribution < -0.4 is 0 Å². The van der Waals surface area contributed by atoms with E-state index in [1.54, 1.807) is 14.2 Å². The minimum absolute atomic E-state index is 0.220. The molecule has 0 spiro atoms. The van der Waals surface area contributed by atoms with Crippen molar-refractivity contribution in [2.24, 2.45) is 10.3 Å². The van der Waals surface area contributed by atoms with Gasteiger partial charge in [-0.3, -0.25) is 0 Å². The van der Waals surface area contributed by atoms with Crippen LogP contribution in [0.1, 0.15) is 27.2 Å². The highest BCUT2D eigenvalue weighted by Crippen LogP contribution is 2.49. The van der Waals surface area contributed by atoms with Crippen molar-refractivity contribution in [3.8, 4) is 0 Å². The van der Waals surface area contributed by atoms with E-state index in [2.05, 4.69) is 10.3 Å². The lowest BCUT2D eigenvalue weighted by Gasteiger charge is -2.36. The first kappa shape index (κ1) is 14.7. The molecule has 0 unspecified atom stereocenters. The Balaban J connectivity index is 1.77. The quantitative estimate of drug-likeness (QED) is 0.722. The monoisotopic (exact) mass is 299 g/mol. The first-order chi connectivity index (χ1) is 9.81. The van der Waals surface area contributed by atoms with Crippen LogP contribution in [0.3, 0.4) is 0 Å². The second-order valence-corrected chi connectivity index (χ2v) is 6.53. The summed E-state index contributed by atoms with van der Waals surface area (Å²) in [7, 11) is 3.17. The Morgan fingerprint density at radius 2 is 2.00 bits per heavy atom. The Hall–Kier alpha value is -1.25. The number of ether oxygens (including phenoxy) is 4. The van der Waals surface area contributed by atoms with Crippen molar-refractivity contribution in [2.75, 3.05) is 14.2 Å². The predicted molar refractivity (Wildman–Crippen MR) is 70.5 cm³/mol. The third kappa shape index (κ3) is 2.13. The fourth-order valence-electron chi connectivity index (χ4n) is 3.23. The van der Waals surface area contributed by atoms with Gasteiger partial charge >= 0.3 is 6.09 Å². The molecular formula is C13H21N3O5. The molecule has 8 heteroatoms. The molecular weight excluding hydrogens is 278 g/mol. The summed E-state index contributed by atoms with van der Waals surface area (Å²) in [5.41, 5.74) is -0.577. The van der Waals surface area contributed by atoms with Gasteiger partial charge in [-0.2, -0.15) is 10.1 Å². The number of hydrogen-bond donors (Lipinski definition) is 0. The van der Waals surface area contributed by atoms with Gasteiger partial charge in [0, 0.05) is 20.6 Å². The lowest BCUT2D eigenvalue weighted by atomic mass is 9.86. The highest BCUT2D eigenvalue weighted by molar-refractivity contribution is 5.68. The van der Waals surface area contributed by atoms with Crippen LogP contribution in [-0.4, -0.2) is 61.0 Å². The summed E-state index contributed by atoms with van der Waals surface area (Å²) in [5, 5.41) is 9.43. The number of carbonyl (C=O) groups is 1. The van der Waals surface area contributed by atoms with Gasteiger partial charge in [-0.15, -0.1) is 0 Å². The average Bonchev–Trinajstić information content (AvgIpc) is 3.06. The summed E-state index contributed by atoms with van der Waals surface area (Å²) >= 11 is 0. The number of hydrogen-bond acceptors (Lipinski definition) is 7. The molecule has 8 nitrogen and oxygen atoms in total. The molecule has 21 heavy (non-hydrogen) atoms. The van der Waals surface area contributed by atoms with Crippen LogP contribution >= 0.6 is 0 Å². The summed E-state index contributed by atoms with van der Waals surface area (Å²) in [5.74, 6) is -0.811. The maximum atomic E-state index is 12.2. The second kappa shape index (κ2) is 4.62. The van der Waals surface area contributed by atoms with Crippen molar-refractivity contribution < 1.29 is 23.7 Å². The standard InChI is InChI=1S/C13H21N3O5/c1-12(2,3)21-11(17)16-9-7-6-13(18-4,19-5)10(20-7)8(9)14-15-16/h7-10H,6H2,1-5H3/t7-,8+,9-,10+/m0/s1. The molecule has 0 aromatic rings. The van der Waals surface area contributed by atoms with Crippen molar-refractivity contribution in [2.45, 2.75) is 62.9 Å². The van der Waals surface area contributed by atoms with Gasteiger partial charge < -0.3 is 18.9 Å². The van der Waals surface area contributed by atoms with Crippen LogP contribution in [0.25, 0.3) is 0 Å². The highest BCUT2D eigenvalue weighted by Gasteiger charge is 2.67. The predicted octanol–water partition coefficient (Wildman–Crippen LogP) is 1.50. The lowest BCUT2D eigenvalue weighted by molar-refractivity contribution is -0.234. The molecule has 3 aliphatic rings. The Bertz CT molecular complexity index is 471. The topological polar surface area (TPSA) is 82.0 Å². The maximum Gasteiger partial charge on any atom is 0.432 e. The summed E-state index contributed by atoms with van der Waals surface area (Å²) in [6, 6.07) is -0.528. The van der Waals surface area contributed by atoms with E-state index in [0.717, 1.165) is 0 Å². The molecule has 2 fully saturated rings. The van der Waals surface area contributed by atoms with Crippen molar-refractivity contribution >= 4 is 6.09 Å². The minimum Gasteiger partial charge on any atom is -0.442 e. The van der Waals surface area contributed by atoms with Crippen LogP contribution in [0.2, 0.25) is 0 Å². The van der Waals surface area contributed by atoms with E-state index in [1.807, 2.05) is 20.8 Å². The first-order valence-corrected chi connectivity index (χ1v) is 7.00. The van der Waals surface area contributed by atoms with E-state index in [-0.39, 0.29) is 24.3 Å². The molecule has 0 aliphatic carbocycles. The Morgan fingerprint density at radius 1 is 1.33 bits per heavy atom. The molecule has 2 saturated heterocycles. The fraction of sp³-hybridized carbons (Fsp3) is 0.923. The van der Waals surface area contributed by atoms with Gasteiger partial charge in [0.2, 0.25) is 0 Å². The van der Waals surface area contributed by atoms with Gasteiger partial charge in [0.15, 0.2) is 5.79 Å². The van der Waals surface area contributed by atoms with Crippen molar-refractivity contribution in [3.05, 3.63) is 0 Å². The van der Waals surface area contributed by atoms with E-state index in [4.69, 9.17) is 18.9 Å². The van der Waals surface area contributed by atoms with Gasteiger partial charge in [0.25, 0.3) is 0 Å². The molecule has 0 radical (unpaired) electrons.